The average molecular weight is 265 g/mol. The number of nitrogens with one attached hydrogen (secondary N) is 1. The molecule has 0 heterocycles. The molecule has 1 saturated carbocycles. The van der Waals surface area contributed by atoms with Gasteiger partial charge in [0.2, 0.25) is 0 Å². The van der Waals surface area contributed by atoms with Gasteiger partial charge in [-0.3, -0.25) is 0 Å². The van der Waals surface area contributed by atoms with Gasteiger partial charge in [-0.2, -0.15) is 0 Å². The summed E-state index contributed by atoms with van der Waals surface area (Å²) in [5.41, 5.74) is 4.11. The number of hydrogen-bond donors (Lipinski definition) is 1. The molecule has 2 aromatic carbocycles. The minimum Gasteiger partial charge on any atom is -0.314 e. The second-order valence-electron chi connectivity index (χ2n) is 5.81. The molecule has 1 N–H and O–H groups in total. The van der Waals surface area contributed by atoms with Crippen LogP contribution in [0.15, 0.2) is 54.6 Å². The normalized spacial score (nSPS) is 21.4. The van der Waals surface area contributed by atoms with Crippen LogP contribution in [0.3, 0.4) is 0 Å². The van der Waals surface area contributed by atoms with Crippen LogP contribution in [0.5, 0.6) is 0 Å². The van der Waals surface area contributed by atoms with Gasteiger partial charge >= 0.3 is 0 Å². The Labute approximate surface area is 122 Å². The van der Waals surface area contributed by atoms with Crippen molar-refractivity contribution in [1.82, 2.24) is 5.32 Å². The van der Waals surface area contributed by atoms with Crippen LogP contribution in [0.1, 0.15) is 37.7 Å². The lowest BCUT2D eigenvalue weighted by Crippen LogP contribution is -2.40. The van der Waals surface area contributed by atoms with E-state index >= 15 is 0 Å². The highest BCUT2D eigenvalue weighted by Gasteiger charge is 2.29. The first-order valence-electron chi connectivity index (χ1n) is 7.75. The van der Waals surface area contributed by atoms with Crippen molar-refractivity contribution < 1.29 is 0 Å². The first-order chi connectivity index (χ1) is 9.86. The lowest BCUT2D eigenvalue weighted by molar-refractivity contribution is 0.292. The van der Waals surface area contributed by atoms with Crippen molar-refractivity contribution in [2.75, 3.05) is 6.54 Å². The van der Waals surface area contributed by atoms with Crippen molar-refractivity contribution in [2.24, 2.45) is 0 Å². The molecule has 0 radical (unpaired) electrons. The third-order valence-electron chi connectivity index (χ3n) is 4.31. The molecule has 1 aliphatic rings. The van der Waals surface area contributed by atoms with Gasteiger partial charge in [0.15, 0.2) is 0 Å². The summed E-state index contributed by atoms with van der Waals surface area (Å²) in [5.74, 6) is 0.758. The first-order valence-corrected chi connectivity index (χ1v) is 7.75. The fraction of sp³-hybridized carbons (Fsp3) is 0.368. The van der Waals surface area contributed by atoms with Gasteiger partial charge in [0, 0.05) is 6.04 Å². The van der Waals surface area contributed by atoms with Crippen LogP contribution in [0.2, 0.25) is 0 Å². The lowest BCUT2D eigenvalue weighted by atomic mass is 9.75. The van der Waals surface area contributed by atoms with Crippen molar-refractivity contribution in [3.63, 3.8) is 0 Å². The first kappa shape index (κ1) is 13.4. The van der Waals surface area contributed by atoms with E-state index in [2.05, 4.69) is 66.8 Å². The van der Waals surface area contributed by atoms with Crippen LogP contribution in [-0.2, 0) is 0 Å². The van der Waals surface area contributed by atoms with Crippen molar-refractivity contribution in [3.05, 3.63) is 60.2 Å². The summed E-state index contributed by atoms with van der Waals surface area (Å²) in [7, 11) is 0. The lowest BCUT2D eigenvalue weighted by Gasteiger charge is -2.36. The van der Waals surface area contributed by atoms with Crippen LogP contribution in [0, 0.1) is 0 Å². The fourth-order valence-corrected chi connectivity index (χ4v) is 2.98. The molecule has 0 aromatic heterocycles. The van der Waals surface area contributed by atoms with Crippen molar-refractivity contribution in [3.8, 4) is 11.1 Å². The molecule has 0 amide bonds. The van der Waals surface area contributed by atoms with E-state index in [1.165, 1.54) is 36.0 Å². The van der Waals surface area contributed by atoms with Crippen LogP contribution in [0.25, 0.3) is 11.1 Å². The molecule has 1 nitrogen and oxygen atoms in total. The Morgan fingerprint density at radius 3 is 2.20 bits per heavy atom. The van der Waals surface area contributed by atoms with Gasteiger partial charge in [-0.05, 0) is 48.4 Å². The molecule has 1 aliphatic carbocycles. The molecule has 0 spiro atoms. The maximum Gasteiger partial charge on any atom is 0.00787 e. The summed E-state index contributed by atoms with van der Waals surface area (Å²) in [6.45, 7) is 3.38. The van der Waals surface area contributed by atoms with E-state index in [0.717, 1.165) is 18.5 Å². The van der Waals surface area contributed by atoms with Gasteiger partial charge in [0.05, 0.1) is 0 Å². The highest BCUT2D eigenvalue weighted by molar-refractivity contribution is 5.63. The van der Waals surface area contributed by atoms with Gasteiger partial charge in [-0.25, -0.2) is 0 Å². The Morgan fingerprint density at radius 1 is 0.900 bits per heavy atom. The molecular weight excluding hydrogens is 242 g/mol. The average Bonchev–Trinajstić information content (AvgIpc) is 2.47. The summed E-state index contributed by atoms with van der Waals surface area (Å²) in [6.07, 6.45) is 3.82. The Morgan fingerprint density at radius 2 is 1.55 bits per heavy atom. The van der Waals surface area contributed by atoms with Crippen LogP contribution >= 0.6 is 0 Å². The fourth-order valence-electron chi connectivity index (χ4n) is 2.98. The largest absolute Gasteiger partial charge is 0.314 e. The highest BCUT2D eigenvalue weighted by Crippen LogP contribution is 2.37. The molecule has 0 aliphatic heterocycles. The van der Waals surface area contributed by atoms with E-state index in [9.17, 15) is 0 Å². The SMILES string of the molecule is CCCNC1CC(c2ccc(-c3ccccc3)cc2)C1. The topological polar surface area (TPSA) is 12.0 Å². The van der Waals surface area contributed by atoms with Crippen molar-refractivity contribution in [1.29, 1.82) is 0 Å². The third-order valence-corrected chi connectivity index (χ3v) is 4.31. The van der Waals surface area contributed by atoms with Gasteiger partial charge < -0.3 is 5.32 Å². The monoisotopic (exact) mass is 265 g/mol. The molecule has 0 atom stereocenters. The molecule has 104 valence electrons. The van der Waals surface area contributed by atoms with Gasteiger partial charge in [0.1, 0.15) is 0 Å². The smallest absolute Gasteiger partial charge is 0.00787 e. The maximum atomic E-state index is 3.61. The Hall–Kier alpha value is -1.60. The summed E-state index contributed by atoms with van der Waals surface area (Å²) in [5, 5.41) is 3.61. The highest BCUT2D eigenvalue weighted by atomic mass is 14.9. The molecule has 1 heteroatoms. The maximum absolute atomic E-state index is 3.61. The second-order valence-corrected chi connectivity index (χ2v) is 5.81. The zero-order chi connectivity index (χ0) is 13.8. The summed E-state index contributed by atoms with van der Waals surface area (Å²) in [4.78, 5) is 0. The van der Waals surface area contributed by atoms with Crippen LogP contribution in [0.4, 0.5) is 0 Å². The number of hydrogen-bond acceptors (Lipinski definition) is 1. The molecule has 0 unspecified atom stereocenters. The van der Waals surface area contributed by atoms with Gasteiger partial charge in [-0.1, -0.05) is 61.5 Å². The van der Waals surface area contributed by atoms with E-state index in [0.29, 0.717) is 0 Å². The minimum atomic E-state index is 0.744. The number of benzene rings is 2. The predicted octanol–water partition coefficient (Wildman–Crippen LogP) is 4.60. The van der Waals surface area contributed by atoms with Crippen molar-refractivity contribution >= 4 is 0 Å². The van der Waals surface area contributed by atoms with Crippen LogP contribution < -0.4 is 5.32 Å². The molecule has 0 saturated heterocycles. The summed E-state index contributed by atoms with van der Waals surface area (Å²) < 4.78 is 0. The zero-order valence-electron chi connectivity index (χ0n) is 12.2. The Kier molecular flexibility index (Phi) is 4.17. The number of rotatable bonds is 5. The van der Waals surface area contributed by atoms with E-state index in [-0.39, 0.29) is 0 Å². The van der Waals surface area contributed by atoms with Gasteiger partial charge in [0.25, 0.3) is 0 Å². The molecular formula is C19H23N. The Bertz CT molecular complexity index is 523. The molecule has 0 bridgehead atoms. The third kappa shape index (κ3) is 2.94. The van der Waals surface area contributed by atoms with Crippen molar-refractivity contribution in [2.45, 2.75) is 38.1 Å². The minimum absolute atomic E-state index is 0.744. The molecule has 1 fully saturated rings. The second kappa shape index (κ2) is 6.23. The summed E-state index contributed by atoms with van der Waals surface area (Å²) in [6, 6.07) is 20.5. The van der Waals surface area contributed by atoms with E-state index < -0.39 is 0 Å². The molecule has 3 rings (SSSR count). The van der Waals surface area contributed by atoms with Crippen LogP contribution in [-0.4, -0.2) is 12.6 Å². The van der Waals surface area contributed by atoms with E-state index in [1.54, 1.807) is 0 Å². The standard InChI is InChI=1S/C19H23N/c1-2-12-20-19-13-18(14-19)17-10-8-16(9-11-17)15-6-4-3-5-7-15/h3-11,18-20H,2,12-14H2,1H3. The van der Waals surface area contributed by atoms with E-state index in [4.69, 9.17) is 0 Å². The molecule has 20 heavy (non-hydrogen) atoms. The quantitative estimate of drug-likeness (QED) is 0.833. The van der Waals surface area contributed by atoms with E-state index in [1.807, 2.05) is 0 Å². The molecule has 2 aromatic rings. The Balaban J connectivity index is 1.61. The zero-order valence-corrected chi connectivity index (χ0v) is 12.2. The van der Waals surface area contributed by atoms with Gasteiger partial charge in [-0.15, -0.1) is 0 Å². The summed E-state index contributed by atoms with van der Waals surface area (Å²) >= 11 is 0. The predicted molar refractivity (Wildman–Crippen MR) is 85.9 cm³/mol.